The standard InChI is InChI=1S/C16H18N4O3S/c1-3-8-19-15(12-5-6-12)17-18-16(19)24-10-11-4-7-14(23-2)13(9-11)20(21)22/h3-4,7,9,12H,1,5-6,8,10H2,2H3. The molecule has 0 atom stereocenters. The molecule has 0 saturated heterocycles. The Kier molecular flexibility index (Phi) is 4.84. The molecule has 1 aliphatic rings. The Morgan fingerprint density at radius 2 is 2.29 bits per heavy atom. The molecular weight excluding hydrogens is 328 g/mol. The van der Waals surface area contributed by atoms with Gasteiger partial charge in [-0.2, -0.15) is 0 Å². The second kappa shape index (κ2) is 7.04. The Morgan fingerprint density at radius 3 is 2.92 bits per heavy atom. The lowest BCUT2D eigenvalue weighted by molar-refractivity contribution is -0.385. The van der Waals surface area contributed by atoms with Crippen molar-refractivity contribution < 1.29 is 9.66 Å². The second-order valence-corrected chi connectivity index (χ2v) is 6.51. The molecule has 0 unspecified atom stereocenters. The highest BCUT2D eigenvalue weighted by molar-refractivity contribution is 7.98. The molecule has 24 heavy (non-hydrogen) atoms. The third kappa shape index (κ3) is 3.43. The van der Waals surface area contributed by atoms with Crippen LogP contribution in [0.3, 0.4) is 0 Å². The van der Waals surface area contributed by atoms with Crippen LogP contribution in [0.25, 0.3) is 0 Å². The first-order valence-corrected chi connectivity index (χ1v) is 8.60. The number of rotatable bonds is 8. The van der Waals surface area contributed by atoms with Crippen LogP contribution in [0.4, 0.5) is 5.69 Å². The van der Waals surface area contributed by atoms with Gasteiger partial charge in [0.1, 0.15) is 5.82 Å². The van der Waals surface area contributed by atoms with E-state index in [4.69, 9.17) is 4.74 Å². The molecule has 0 aliphatic heterocycles. The van der Waals surface area contributed by atoms with Gasteiger partial charge >= 0.3 is 5.69 Å². The average molecular weight is 346 g/mol. The molecule has 126 valence electrons. The summed E-state index contributed by atoms with van der Waals surface area (Å²) in [4.78, 5) is 10.7. The zero-order valence-corrected chi connectivity index (χ0v) is 14.2. The van der Waals surface area contributed by atoms with E-state index in [2.05, 4.69) is 21.3 Å². The van der Waals surface area contributed by atoms with E-state index in [0.717, 1.165) is 29.4 Å². The number of aromatic nitrogens is 3. The summed E-state index contributed by atoms with van der Waals surface area (Å²) in [7, 11) is 1.42. The number of thioether (sulfide) groups is 1. The number of hydrogen-bond acceptors (Lipinski definition) is 6. The summed E-state index contributed by atoms with van der Waals surface area (Å²) in [5.41, 5.74) is 0.815. The first-order chi connectivity index (χ1) is 11.6. The van der Waals surface area contributed by atoms with Gasteiger partial charge in [-0.3, -0.25) is 10.1 Å². The summed E-state index contributed by atoms with van der Waals surface area (Å²) in [5, 5.41) is 20.5. The smallest absolute Gasteiger partial charge is 0.311 e. The molecule has 7 nitrogen and oxygen atoms in total. The summed E-state index contributed by atoms with van der Waals surface area (Å²) in [6.45, 7) is 4.46. The molecular formula is C16H18N4O3S. The average Bonchev–Trinajstić information content (AvgIpc) is 3.35. The largest absolute Gasteiger partial charge is 0.490 e. The van der Waals surface area contributed by atoms with Gasteiger partial charge in [-0.05, 0) is 24.5 Å². The Labute approximate surface area is 143 Å². The van der Waals surface area contributed by atoms with Crippen molar-refractivity contribution in [2.75, 3.05) is 7.11 Å². The van der Waals surface area contributed by atoms with Crippen molar-refractivity contribution in [3.8, 4) is 5.75 Å². The van der Waals surface area contributed by atoms with E-state index >= 15 is 0 Å². The van der Waals surface area contributed by atoms with Gasteiger partial charge < -0.3 is 9.30 Å². The minimum absolute atomic E-state index is 0.0261. The number of hydrogen-bond donors (Lipinski definition) is 0. The van der Waals surface area contributed by atoms with Gasteiger partial charge in [0, 0.05) is 24.3 Å². The molecule has 1 aromatic carbocycles. The fourth-order valence-electron chi connectivity index (χ4n) is 2.47. The van der Waals surface area contributed by atoms with Crippen LogP contribution in [-0.4, -0.2) is 26.8 Å². The number of allylic oxidation sites excluding steroid dienone is 1. The summed E-state index contributed by atoms with van der Waals surface area (Å²) in [6.07, 6.45) is 4.15. The maximum absolute atomic E-state index is 11.1. The third-order valence-electron chi connectivity index (χ3n) is 3.81. The maximum Gasteiger partial charge on any atom is 0.311 e. The highest BCUT2D eigenvalue weighted by atomic mass is 32.2. The van der Waals surface area contributed by atoms with Crippen molar-refractivity contribution in [1.82, 2.24) is 14.8 Å². The Balaban J connectivity index is 1.77. The number of nitrogens with zero attached hydrogens (tertiary/aromatic N) is 4. The quantitative estimate of drug-likeness (QED) is 0.315. The number of methoxy groups -OCH3 is 1. The zero-order chi connectivity index (χ0) is 17.1. The van der Waals surface area contributed by atoms with Crippen LogP contribution in [-0.2, 0) is 12.3 Å². The summed E-state index contributed by atoms with van der Waals surface area (Å²) in [6, 6.07) is 4.99. The minimum Gasteiger partial charge on any atom is -0.490 e. The van der Waals surface area contributed by atoms with Gasteiger partial charge in [0.2, 0.25) is 0 Å². The van der Waals surface area contributed by atoms with Gasteiger partial charge in [0.15, 0.2) is 10.9 Å². The molecule has 0 spiro atoms. The predicted octanol–water partition coefficient (Wildman–Crippen LogP) is 3.55. The molecule has 2 aromatic rings. The molecule has 1 fully saturated rings. The van der Waals surface area contributed by atoms with Crippen LogP contribution in [0.5, 0.6) is 5.75 Å². The van der Waals surface area contributed by atoms with Crippen LogP contribution >= 0.6 is 11.8 Å². The zero-order valence-electron chi connectivity index (χ0n) is 13.3. The van der Waals surface area contributed by atoms with E-state index in [1.54, 1.807) is 12.1 Å². The van der Waals surface area contributed by atoms with E-state index in [0.29, 0.717) is 18.2 Å². The third-order valence-corrected chi connectivity index (χ3v) is 4.85. The number of benzene rings is 1. The lowest BCUT2D eigenvalue weighted by Crippen LogP contribution is -2.02. The Hall–Kier alpha value is -2.35. The molecule has 3 rings (SSSR count). The van der Waals surface area contributed by atoms with E-state index in [9.17, 15) is 10.1 Å². The van der Waals surface area contributed by atoms with Crippen LogP contribution in [0.2, 0.25) is 0 Å². The topological polar surface area (TPSA) is 83.1 Å². The van der Waals surface area contributed by atoms with Crippen molar-refractivity contribution in [1.29, 1.82) is 0 Å². The molecule has 0 amide bonds. The molecule has 1 heterocycles. The Bertz CT molecular complexity index is 771. The second-order valence-electron chi connectivity index (χ2n) is 5.57. The number of ether oxygens (including phenoxy) is 1. The highest BCUT2D eigenvalue weighted by Gasteiger charge is 2.30. The van der Waals surface area contributed by atoms with Crippen LogP contribution in [0.15, 0.2) is 36.0 Å². The van der Waals surface area contributed by atoms with Crippen LogP contribution in [0.1, 0.15) is 30.1 Å². The Morgan fingerprint density at radius 1 is 1.50 bits per heavy atom. The molecule has 1 aromatic heterocycles. The van der Waals surface area contributed by atoms with Gasteiger partial charge in [-0.25, -0.2) is 0 Å². The molecule has 1 aliphatic carbocycles. The lowest BCUT2D eigenvalue weighted by atomic mass is 10.2. The molecule has 8 heteroatoms. The van der Waals surface area contributed by atoms with E-state index in [-0.39, 0.29) is 11.4 Å². The fourth-order valence-corrected chi connectivity index (χ4v) is 3.36. The normalized spacial score (nSPS) is 13.7. The van der Waals surface area contributed by atoms with Gasteiger partial charge in [-0.1, -0.05) is 23.9 Å². The predicted molar refractivity (Wildman–Crippen MR) is 91.4 cm³/mol. The monoisotopic (exact) mass is 346 g/mol. The summed E-state index contributed by atoms with van der Waals surface area (Å²) >= 11 is 1.52. The fraction of sp³-hybridized carbons (Fsp3) is 0.375. The summed E-state index contributed by atoms with van der Waals surface area (Å²) < 4.78 is 7.10. The van der Waals surface area contributed by atoms with Crippen LogP contribution in [0, 0.1) is 10.1 Å². The summed E-state index contributed by atoms with van der Waals surface area (Å²) in [5.74, 6) is 2.36. The minimum atomic E-state index is -0.432. The highest BCUT2D eigenvalue weighted by Crippen LogP contribution is 2.40. The van der Waals surface area contributed by atoms with Crippen molar-refractivity contribution in [3.05, 3.63) is 52.4 Å². The van der Waals surface area contributed by atoms with Gasteiger partial charge in [-0.15, -0.1) is 16.8 Å². The maximum atomic E-state index is 11.1. The molecule has 0 bridgehead atoms. The van der Waals surface area contributed by atoms with Crippen LogP contribution < -0.4 is 4.74 Å². The van der Waals surface area contributed by atoms with Gasteiger partial charge in [0.05, 0.1) is 12.0 Å². The van der Waals surface area contributed by atoms with Crippen molar-refractivity contribution in [2.45, 2.75) is 36.2 Å². The first-order valence-electron chi connectivity index (χ1n) is 7.62. The number of nitro groups is 1. The van der Waals surface area contributed by atoms with E-state index in [1.165, 1.54) is 18.9 Å². The molecule has 1 saturated carbocycles. The number of nitro benzene ring substituents is 1. The molecule has 0 radical (unpaired) electrons. The molecule has 0 N–H and O–H groups in total. The van der Waals surface area contributed by atoms with E-state index < -0.39 is 4.92 Å². The van der Waals surface area contributed by atoms with E-state index in [1.807, 2.05) is 12.1 Å². The SMILES string of the molecule is C=CCn1c(SCc2ccc(OC)c([N+](=O)[O-])c2)nnc1C1CC1. The van der Waals surface area contributed by atoms with Gasteiger partial charge in [0.25, 0.3) is 0 Å². The lowest BCUT2D eigenvalue weighted by Gasteiger charge is -2.07. The van der Waals surface area contributed by atoms with Crippen molar-refractivity contribution in [3.63, 3.8) is 0 Å². The first kappa shape index (κ1) is 16.5. The van der Waals surface area contributed by atoms with Crippen molar-refractivity contribution in [2.24, 2.45) is 0 Å². The van der Waals surface area contributed by atoms with Crippen molar-refractivity contribution >= 4 is 17.4 Å².